The molecule has 2 aromatic heterocycles. The summed E-state index contributed by atoms with van der Waals surface area (Å²) in [5.41, 5.74) is 1.74. The molecule has 1 aromatic carbocycles. The van der Waals surface area contributed by atoms with E-state index in [4.69, 9.17) is 4.74 Å². The SMILES string of the molecule is Cc1cccc(C)c1NC(=O)[C@@H](C)Oc1cc(C(F)(F)F)c2c(C)nn(C)c2n1. The van der Waals surface area contributed by atoms with E-state index in [2.05, 4.69) is 15.4 Å². The highest BCUT2D eigenvalue weighted by Gasteiger charge is 2.36. The van der Waals surface area contributed by atoms with E-state index in [-0.39, 0.29) is 22.6 Å². The van der Waals surface area contributed by atoms with E-state index in [0.29, 0.717) is 5.69 Å². The van der Waals surface area contributed by atoms with Crippen molar-refractivity contribution in [3.8, 4) is 5.88 Å². The van der Waals surface area contributed by atoms with Crippen LogP contribution < -0.4 is 10.1 Å². The van der Waals surface area contributed by atoms with Crippen molar-refractivity contribution in [2.45, 2.75) is 40.0 Å². The van der Waals surface area contributed by atoms with Gasteiger partial charge in [-0.05, 0) is 38.8 Å². The Morgan fingerprint density at radius 3 is 2.41 bits per heavy atom. The number of carbonyl (C=O) groups is 1. The molecule has 0 radical (unpaired) electrons. The molecule has 2 heterocycles. The molecule has 0 unspecified atom stereocenters. The predicted molar refractivity (Wildman–Crippen MR) is 103 cm³/mol. The van der Waals surface area contributed by atoms with Crippen LogP contribution in [0.5, 0.6) is 5.88 Å². The highest BCUT2D eigenvalue weighted by atomic mass is 19.4. The number of hydrogen-bond acceptors (Lipinski definition) is 4. The second-order valence-electron chi connectivity index (χ2n) is 6.93. The number of benzene rings is 1. The minimum absolute atomic E-state index is 0.0367. The molecular formula is C20H21F3N4O2. The maximum Gasteiger partial charge on any atom is 0.417 e. The van der Waals surface area contributed by atoms with Crippen molar-refractivity contribution in [2.75, 3.05) is 5.32 Å². The molecule has 3 rings (SSSR count). The largest absolute Gasteiger partial charge is 0.464 e. The molecule has 0 aliphatic heterocycles. The summed E-state index contributed by atoms with van der Waals surface area (Å²) in [7, 11) is 1.50. The number of hydrogen-bond donors (Lipinski definition) is 1. The number of fused-ring (bicyclic) bond motifs is 1. The number of nitrogens with one attached hydrogen (secondary N) is 1. The molecule has 0 saturated heterocycles. The number of nitrogens with zero attached hydrogens (tertiary/aromatic N) is 3. The number of carbonyl (C=O) groups excluding carboxylic acids is 1. The van der Waals surface area contributed by atoms with Gasteiger partial charge in [-0.2, -0.15) is 23.3 Å². The molecular weight excluding hydrogens is 385 g/mol. The lowest BCUT2D eigenvalue weighted by atomic mass is 10.1. The Labute approximate surface area is 165 Å². The Morgan fingerprint density at radius 2 is 1.83 bits per heavy atom. The number of aryl methyl sites for hydroxylation is 4. The smallest absolute Gasteiger partial charge is 0.417 e. The summed E-state index contributed by atoms with van der Waals surface area (Å²) >= 11 is 0. The van der Waals surface area contributed by atoms with Gasteiger partial charge < -0.3 is 10.1 Å². The minimum Gasteiger partial charge on any atom is -0.464 e. The predicted octanol–water partition coefficient (Wildman–Crippen LogP) is 4.32. The lowest BCUT2D eigenvalue weighted by Crippen LogP contribution is -2.31. The van der Waals surface area contributed by atoms with Crippen LogP contribution >= 0.6 is 0 Å². The summed E-state index contributed by atoms with van der Waals surface area (Å²) in [6.45, 7) is 6.64. The molecule has 3 aromatic rings. The number of pyridine rings is 1. The lowest BCUT2D eigenvalue weighted by molar-refractivity contribution is -0.136. The summed E-state index contributed by atoms with van der Waals surface area (Å²) in [6, 6.07) is 6.38. The molecule has 0 aliphatic carbocycles. The molecule has 1 amide bonds. The second-order valence-corrected chi connectivity index (χ2v) is 6.93. The first kappa shape index (κ1) is 20.6. The number of ether oxygens (including phenoxy) is 1. The van der Waals surface area contributed by atoms with Crippen LogP contribution in [-0.2, 0) is 18.0 Å². The molecule has 0 bridgehead atoms. The summed E-state index contributed by atoms with van der Waals surface area (Å²) in [4.78, 5) is 16.7. The maximum absolute atomic E-state index is 13.6. The van der Waals surface area contributed by atoms with Crippen molar-refractivity contribution in [3.05, 3.63) is 46.6 Å². The van der Waals surface area contributed by atoms with Gasteiger partial charge in [0.15, 0.2) is 11.8 Å². The zero-order chi connectivity index (χ0) is 21.5. The quantitative estimate of drug-likeness (QED) is 0.701. The molecule has 0 spiro atoms. The summed E-state index contributed by atoms with van der Waals surface area (Å²) in [6.07, 6.45) is -5.68. The minimum atomic E-state index is -4.61. The third-order valence-electron chi connectivity index (χ3n) is 4.65. The van der Waals surface area contributed by atoms with Crippen LogP contribution in [0.1, 0.15) is 29.3 Å². The number of rotatable bonds is 4. The first-order chi connectivity index (χ1) is 13.5. The number of anilines is 1. The Bertz CT molecular complexity index is 1070. The Hall–Kier alpha value is -3.10. The van der Waals surface area contributed by atoms with E-state index < -0.39 is 23.8 Å². The summed E-state index contributed by atoms with van der Waals surface area (Å²) in [5, 5.41) is 6.70. The normalized spacial score (nSPS) is 12.8. The topological polar surface area (TPSA) is 69.0 Å². The van der Waals surface area contributed by atoms with Gasteiger partial charge in [-0.25, -0.2) is 0 Å². The fourth-order valence-corrected chi connectivity index (χ4v) is 3.18. The van der Waals surface area contributed by atoms with Crippen molar-refractivity contribution in [3.63, 3.8) is 0 Å². The Balaban J connectivity index is 1.91. The molecule has 29 heavy (non-hydrogen) atoms. The van der Waals surface area contributed by atoms with Crippen LogP contribution in [0.4, 0.5) is 18.9 Å². The molecule has 1 N–H and O–H groups in total. The zero-order valence-electron chi connectivity index (χ0n) is 16.7. The number of aromatic nitrogens is 3. The highest BCUT2D eigenvalue weighted by Crippen LogP contribution is 2.37. The molecule has 1 atom stereocenters. The Morgan fingerprint density at radius 1 is 1.21 bits per heavy atom. The van der Waals surface area contributed by atoms with Crippen molar-refractivity contribution < 1.29 is 22.7 Å². The van der Waals surface area contributed by atoms with Gasteiger partial charge in [0, 0.05) is 18.8 Å². The van der Waals surface area contributed by atoms with Crippen molar-refractivity contribution in [2.24, 2.45) is 7.05 Å². The van der Waals surface area contributed by atoms with Gasteiger partial charge in [0.2, 0.25) is 5.88 Å². The first-order valence-corrected chi connectivity index (χ1v) is 8.94. The van der Waals surface area contributed by atoms with E-state index >= 15 is 0 Å². The monoisotopic (exact) mass is 406 g/mol. The highest BCUT2D eigenvalue weighted by molar-refractivity contribution is 5.95. The van der Waals surface area contributed by atoms with Crippen LogP contribution in [0.3, 0.4) is 0 Å². The average Bonchev–Trinajstić information content (AvgIpc) is 2.90. The van der Waals surface area contributed by atoms with E-state index in [1.54, 1.807) is 0 Å². The van der Waals surface area contributed by atoms with Crippen LogP contribution in [0, 0.1) is 20.8 Å². The van der Waals surface area contributed by atoms with Crippen molar-refractivity contribution >= 4 is 22.6 Å². The van der Waals surface area contributed by atoms with E-state index in [1.165, 1.54) is 25.6 Å². The second kappa shape index (κ2) is 7.38. The standard InChI is InChI=1S/C20H21F3N4O2/c1-10-7-6-8-11(2)17(10)25-19(28)13(4)29-15-9-14(20(21,22)23)16-12(3)26-27(5)18(16)24-15/h6-9,13H,1-5H3,(H,25,28)/t13-/m1/s1. The number of amides is 1. The van der Waals surface area contributed by atoms with Crippen LogP contribution in [-0.4, -0.2) is 26.8 Å². The van der Waals surface area contributed by atoms with Crippen molar-refractivity contribution in [1.82, 2.24) is 14.8 Å². The van der Waals surface area contributed by atoms with Gasteiger partial charge in [-0.15, -0.1) is 0 Å². The molecule has 154 valence electrons. The first-order valence-electron chi connectivity index (χ1n) is 8.94. The lowest BCUT2D eigenvalue weighted by Gasteiger charge is -2.17. The van der Waals surface area contributed by atoms with Gasteiger partial charge >= 0.3 is 6.18 Å². The molecule has 0 fully saturated rings. The zero-order valence-corrected chi connectivity index (χ0v) is 16.7. The van der Waals surface area contributed by atoms with Crippen LogP contribution in [0.25, 0.3) is 11.0 Å². The van der Waals surface area contributed by atoms with Crippen molar-refractivity contribution in [1.29, 1.82) is 0 Å². The van der Waals surface area contributed by atoms with E-state index in [1.807, 2.05) is 32.0 Å². The van der Waals surface area contributed by atoms with Gasteiger partial charge in [-0.1, -0.05) is 18.2 Å². The molecule has 9 heteroatoms. The van der Waals surface area contributed by atoms with E-state index in [0.717, 1.165) is 17.2 Å². The van der Waals surface area contributed by atoms with Crippen LogP contribution in [0.2, 0.25) is 0 Å². The Kier molecular flexibility index (Phi) is 5.25. The fraction of sp³-hybridized carbons (Fsp3) is 0.350. The summed E-state index contributed by atoms with van der Waals surface area (Å²) in [5.74, 6) is -0.781. The molecule has 6 nitrogen and oxygen atoms in total. The van der Waals surface area contributed by atoms with Gasteiger partial charge in [-0.3, -0.25) is 9.48 Å². The molecule has 0 saturated carbocycles. The number of para-hydroxylation sites is 1. The number of halogens is 3. The number of alkyl halides is 3. The third-order valence-corrected chi connectivity index (χ3v) is 4.65. The van der Waals surface area contributed by atoms with Gasteiger partial charge in [0.25, 0.3) is 5.91 Å². The van der Waals surface area contributed by atoms with Gasteiger partial charge in [0.05, 0.1) is 16.6 Å². The van der Waals surface area contributed by atoms with E-state index in [9.17, 15) is 18.0 Å². The third kappa shape index (κ3) is 4.03. The summed E-state index contributed by atoms with van der Waals surface area (Å²) < 4.78 is 47.4. The van der Waals surface area contributed by atoms with Crippen LogP contribution in [0.15, 0.2) is 24.3 Å². The maximum atomic E-state index is 13.6. The van der Waals surface area contributed by atoms with Gasteiger partial charge in [0.1, 0.15) is 0 Å². The fourth-order valence-electron chi connectivity index (χ4n) is 3.18. The molecule has 0 aliphatic rings. The average molecular weight is 406 g/mol.